The maximum absolute atomic E-state index is 12.6. The molecule has 0 saturated carbocycles. The highest BCUT2D eigenvalue weighted by molar-refractivity contribution is 5.83. The van der Waals surface area contributed by atoms with E-state index < -0.39 is 23.7 Å². The molecular formula is C21H33NO5. The van der Waals surface area contributed by atoms with Gasteiger partial charge in [-0.3, -0.25) is 0 Å². The summed E-state index contributed by atoms with van der Waals surface area (Å²) in [6.07, 6.45) is 0.849. The number of unbranched alkanes of at least 4 members (excludes halogenated alkanes) is 1. The van der Waals surface area contributed by atoms with E-state index in [4.69, 9.17) is 9.47 Å². The Hall–Kier alpha value is -2.24. The third-order valence-corrected chi connectivity index (χ3v) is 3.84. The molecule has 1 aromatic rings. The van der Waals surface area contributed by atoms with E-state index in [2.05, 4.69) is 5.32 Å². The van der Waals surface area contributed by atoms with Crippen LogP contribution in [0.5, 0.6) is 5.75 Å². The molecule has 0 aliphatic carbocycles. The van der Waals surface area contributed by atoms with Gasteiger partial charge in [0.1, 0.15) is 11.4 Å². The first-order chi connectivity index (χ1) is 12.3. The van der Waals surface area contributed by atoms with Crippen LogP contribution in [-0.2, 0) is 19.7 Å². The van der Waals surface area contributed by atoms with E-state index in [9.17, 15) is 14.7 Å². The van der Waals surface area contributed by atoms with Crippen LogP contribution >= 0.6 is 0 Å². The summed E-state index contributed by atoms with van der Waals surface area (Å²) in [6.45, 7) is 13.5. The standard InChI is InChI=1S/C21H33NO5/c1-8-9-12-26-18(24)17(22-19(25)27-21(5,6)7)15-13-14(20(2,3)4)10-11-16(15)23/h10-11,13,17,23H,8-9,12H2,1-7H3,(H,22,25). The summed E-state index contributed by atoms with van der Waals surface area (Å²) in [5.74, 6) is -0.716. The first kappa shape index (κ1) is 22.8. The Morgan fingerprint density at radius 2 is 1.78 bits per heavy atom. The number of benzene rings is 1. The molecule has 0 bridgehead atoms. The number of carbonyl (C=O) groups is 2. The zero-order valence-electron chi connectivity index (χ0n) is 17.5. The van der Waals surface area contributed by atoms with Gasteiger partial charge in [-0.1, -0.05) is 40.2 Å². The predicted octanol–water partition coefficient (Wildman–Crippen LogP) is 4.60. The van der Waals surface area contributed by atoms with Crippen molar-refractivity contribution < 1.29 is 24.2 Å². The first-order valence-electron chi connectivity index (χ1n) is 9.34. The number of rotatable bonds is 6. The van der Waals surface area contributed by atoms with Crippen LogP contribution < -0.4 is 5.32 Å². The fraction of sp³-hybridized carbons (Fsp3) is 0.619. The number of esters is 1. The summed E-state index contributed by atoms with van der Waals surface area (Å²) in [4.78, 5) is 24.9. The maximum atomic E-state index is 12.6. The fourth-order valence-electron chi connectivity index (χ4n) is 2.34. The number of hydrogen-bond donors (Lipinski definition) is 2. The van der Waals surface area contributed by atoms with Crippen molar-refractivity contribution in [2.24, 2.45) is 0 Å². The number of carbonyl (C=O) groups excluding carboxylic acids is 2. The summed E-state index contributed by atoms with van der Waals surface area (Å²) in [5, 5.41) is 12.9. The Labute approximate surface area is 162 Å². The van der Waals surface area contributed by atoms with Crippen molar-refractivity contribution in [3.05, 3.63) is 29.3 Å². The van der Waals surface area contributed by atoms with Gasteiger partial charge in [0, 0.05) is 5.56 Å². The average molecular weight is 379 g/mol. The van der Waals surface area contributed by atoms with Crippen molar-refractivity contribution in [2.45, 2.75) is 78.4 Å². The fourth-order valence-corrected chi connectivity index (χ4v) is 2.34. The summed E-state index contributed by atoms with van der Waals surface area (Å²) >= 11 is 0. The highest BCUT2D eigenvalue weighted by Gasteiger charge is 2.30. The lowest BCUT2D eigenvalue weighted by atomic mass is 9.85. The second-order valence-corrected chi connectivity index (χ2v) is 8.62. The molecule has 1 rings (SSSR count). The third-order valence-electron chi connectivity index (χ3n) is 3.84. The van der Waals surface area contributed by atoms with Gasteiger partial charge in [-0.15, -0.1) is 0 Å². The molecule has 152 valence electrons. The van der Waals surface area contributed by atoms with Crippen molar-refractivity contribution in [1.82, 2.24) is 5.32 Å². The summed E-state index contributed by atoms with van der Waals surface area (Å²) in [7, 11) is 0. The Kier molecular flexibility index (Phi) is 7.69. The van der Waals surface area contributed by atoms with E-state index in [1.807, 2.05) is 27.7 Å². The molecule has 0 saturated heterocycles. The zero-order valence-corrected chi connectivity index (χ0v) is 17.5. The number of ether oxygens (including phenoxy) is 2. The highest BCUT2D eigenvalue weighted by atomic mass is 16.6. The van der Waals surface area contributed by atoms with Crippen molar-refractivity contribution in [1.29, 1.82) is 0 Å². The number of amides is 1. The molecule has 0 fully saturated rings. The van der Waals surface area contributed by atoms with Gasteiger partial charge in [0.2, 0.25) is 0 Å². The molecule has 6 heteroatoms. The van der Waals surface area contributed by atoms with Crippen molar-refractivity contribution in [3.63, 3.8) is 0 Å². The van der Waals surface area contributed by atoms with Gasteiger partial charge >= 0.3 is 12.1 Å². The first-order valence-corrected chi connectivity index (χ1v) is 9.34. The normalized spacial score (nSPS) is 13.0. The largest absolute Gasteiger partial charge is 0.508 e. The van der Waals surface area contributed by atoms with Crippen LogP contribution in [0.15, 0.2) is 18.2 Å². The number of nitrogens with one attached hydrogen (secondary N) is 1. The molecule has 6 nitrogen and oxygen atoms in total. The molecule has 2 N–H and O–H groups in total. The molecule has 0 aromatic heterocycles. The topological polar surface area (TPSA) is 84.9 Å². The van der Waals surface area contributed by atoms with Crippen molar-refractivity contribution >= 4 is 12.1 Å². The molecular weight excluding hydrogens is 346 g/mol. The lowest BCUT2D eigenvalue weighted by Crippen LogP contribution is -2.39. The molecule has 1 unspecified atom stereocenters. The molecule has 0 aliphatic heterocycles. The van der Waals surface area contributed by atoms with E-state index in [0.717, 1.165) is 18.4 Å². The minimum absolute atomic E-state index is 0.0866. The minimum atomic E-state index is -1.15. The maximum Gasteiger partial charge on any atom is 0.408 e. The smallest absolute Gasteiger partial charge is 0.408 e. The molecule has 1 aromatic carbocycles. The van der Waals surface area contributed by atoms with Gasteiger partial charge in [-0.05, 0) is 50.3 Å². The predicted molar refractivity (Wildman–Crippen MR) is 105 cm³/mol. The average Bonchev–Trinajstić information content (AvgIpc) is 2.50. The molecule has 1 amide bonds. The zero-order chi connectivity index (χ0) is 20.8. The molecule has 0 aliphatic rings. The lowest BCUT2D eigenvalue weighted by Gasteiger charge is -2.25. The number of alkyl carbamates (subject to hydrolysis) is 1. The van der Waals surface area contributed by atoms with E-state index in [1.165, 1.54) is 6.07 Å². The Balaban J connectivity index is 3.20. The third kappa shape index (κ3) is 7.49. The second kappa shape index (κ2) is 9.11. The van der Waals surface area contributed by atoms with Gasteiger partial charge in [0.15, 0.2) is 6.04 Å². The SMILES string of the molecule is CCCCOC(=O)C(NC(=O)OC(C)(C)C)c1cc(C(C)(C)C)ccc1O. The van der Waals surface area contributed by atoms with E-state index >= 15 is 0 Å². The van der Waals surface area contributed by atoms with E-state index in [0.29, 0.717) is 0 Å². The van der Waals surface area contributed by atoms with Gasteiger partial charge in [0.05, 0.1) is 6.61 Å². The molecule has 27 heavy (non-hydrogen) atoms. The number of phenols is 1. The Bertz CT molecular complexity index is 656. The van der Waals surface area contributed by atoms with Gasteiger partial charge in [-0.2, -0.15) is 0 Å². The van der Waals surface area contributed by atoms with Crippen LogP contribution in [0, 0.1) is 0 Å². The highest BCUT2D eigenvalue weighted by Crippen LogP contribution is 2.31. The quantitative estimate of drug-likeness (QED) is 0.557. The van der Waals surface area contributed by atoms with Crippen LogP contribution in [0.3, 0.4) is 0 Å². The van der Waals surface area contributed by atoms with Crippen LogP contribution in [-0.4, -0.2) is 29.4 Å². The number of aromatic hydroxyl groups is 1. The summed E-state index contributed by atoms with van der Waals surface area (Å²) in [5.41, 5.74) is 0.309. The molecule has 0 heterocycles. The molecule has 1 atom stereocenters. The number of phenolic OH excluding ortho intramolecular Hbond substituents is 1. The van der Waals surface area contributed by atoms with Crippen molar-refractivity contribution in [3.8, 4) is 5.75 Å². The number of hydrogen-bond acceptors (Lipinski definition) is 5. The Morgan fingerprint density at radius 1 is 1.15 bits per heavy atom. The monoisotopic (exact) mass is 379 g/mol. The van der Waals surface area contributed by atoms with Crippen LogP contribution in [0.25, 0.3) is 0 Å². The van der Waals surface area contributed by atoms with Gasteiger partial charge in [0.25, 0.3) is 0 Å². The summed E-state index contributed by atoms with van der Waals surface area (Å²) < 4.78 is 10.6. The summed E-state index contributed by atoms with van der Waals surface area (Å²) in [6, 6.07) is 3.89. The van der Waals surface area contributed by atoms with Gasteiger partial charge < -0.3 is 19.9 Å². The van der Waals surface area contributed by atoms with E-state index in [-0.39, 0.29) is 23.3 Å². The second-order valence-electron chi connectivity index (χ2n) is 8.62. The van der Waals surface area contributed by atoms with Crippen molar-refractivity contribution in [2.75, 3.05) is 6.61 Å². The van der Waals surface area contributed by atoms with Gasteiger partial charge in [-0.25, -0.2) is 9.59 Å². The molecule has 0 radical (unpaired) electrons. The van der Waals surface area contributed by atoms with Crippen LogP contribution in [0.1, 0.15) is 78.5 Å². The Morgan fingerprint density at radius 3 is 2.30 bits per heavy atom. The van der Waals surface area contributed by atoms with Crippen LogP contribution in [0.2, 0.25) is 0 Å². The van der Waals surface area contributed by atoms with Crippen LogP contribution in [0.4, 0.5) is 4.79 Å². The molecule has 0 spiro atoms. The van der Waals surface area contributed by atoms with E-state index in [1.54, 1.807) is 32.9 Å². The lowest BCUT2D eigenvalue weighted by molar-refractivity contribution is -0.146. The minimum Gasteiger partial charge on any atom is -0.508 e.